The topological polar surface area (TPSA) is 69.1 Å². The second kappa shape index (κ2) is 6.22. The molecule has 3 rings (SSSR count). The zero-order valence-electron chi connectivity index (χ0n) is 12.2. The van der Waals surface area contributed by atoms with Gasteiger partial charge in [-0.25, -0.2) is 4.99 Å². The number of rotatable bonds is 3. The summed E-state index contributed by atoms with van der Waals surface area (Å²) in [6.07, 6.45) is 11.1. The molecule has 0 aromatic rings. The molecule has 0 spiro atoms. The van der Waals surface area contributed by atoms with E-state index in [-0.39, 0.29) is 24.0 Å². The summed E-state index contributed by atoms with van der Waals surface area (Å²) in [6, 6.07) is 0.281. The van der Waals surface area contributed by atoms with Gasteiger partial charge in [-0.1, -0.05) is 12.2 Å². The highest BCUT2D eigenvalue weighted by molar-refractivity contribution is 5.96. The normalized spacial score (nSPS) is 31.2. The van der Waals surface area contributed by atoms with Gasteiger partial charge in [-0.3, -0.25) is 15.1 Å². The van der Waals surface area contributed by atoms with Crippen molar-refractivity contribution in [3.05, 3.63) is 24.4 Å². The molecule has 2 unspecified atom stereocenters. The highest BCUT2D eigenvalue weighted by atomic mass is 16.2. The van der Waals surface area contributed by atoms with Crippen molar-refractivity contribution in [3.63, 3.8) is 0 Å². The van der Waals surface area contributed by atoms with Gasteiger partial charge in [0, 0.05) is 19.1 Å². The third kappa shape index (κ3) is 3.05. The third-order valence-corrected chi connectivity index (χ3v) is 4.06. The Morgan fingerprint density at radius 3 is 3.33 bits per heavy atom. The first kappa shape index (κ1) is 14.0. The van der Waals surface area contributed by atoms with E-state index < -0.39 is 0 Å². The predicted octanol–water partition coefficient (Wildman–Crippen LogP) is 0.643. The van der Waals surface area contributed by atoms with Crippen molar-refractivity contribution in [2.75, 3.05) is 13.1 Å². The van der Waals surface area contributed by atoms with Gasteiger partial charge in [-0.15, -0.1) is 0 Å². The van der Waals surface area contributed by atoms with Gasteiger partial charge in [0.2, 0.25) is 5.91 Å². The van der Waals surface area contributed by atoms with Gasteiger partial charge in [-0.2, -0.15) is 0 Å². The second-order valence-corrected chi connectivity index (χ2v) is 5.54. The summed E-state index contributed by atoms with van der Waals surface area (Å²) in [7, 11) is 0. The van der Waals surface area contributed by atoms with Crippen LogP contribution in [0.1, 0.15) is 19.8 Å². The molecule has 1 saturated heterocycles. The highest BCUT2D eigenvalue weighted by Crippen LogP contribution is 2.19. The summed E-state index contributed by atoms with van der Waals surface area (Å²) in [6.45, 7) is 3.45. The van der Waals surface area contributed by atoms with Crippen LogP contribution >= 0.6 is 0 Å². The van der Waals surface area contributed by atoms with Crippen LogP contribution in [0, 0.1) is 5.92 Å². The Bertz CT molecular complexity index is 522. The number of amides is 1. The maximum absolute atomic E-state index is 12.0. The Kier molecular flexibility index (Phi) is 4.15. The number of nitrogens with zero attached hydrogens (tertiary/aromatic N) is 3. The molecular formula is C15H21N5O. The smallest absolute Gasteiger partial charge is 0.246 e. The Balaban J connectivity index is 1.60. The van der Waals surface area contributed by atoms with Crippen LogP contribution in [0.15, 0.2) is 34.4 Å². The number of fused-ring (bicyclic) bond motifs is 1. The number of nitrogens with one attached hydrogen (secondary N) is 2. The predicted molar refractivity (Wildman–Crippen MR) is 83.0 cm³/mol. The van der Waals surface area contributed by atoms with E-state index in [1.54, 1.807) is 18.5 Å². The van der Waals surface area contributed by atoms with Crippen LogP contribution < -0.4 is 10.6 Å². The molecule has 112 valence electrons. The Morgan fingerprint density at radius 2 is 2.48 bits per heavy atom. The van der Waals surface area contributed by atoms with Crippen LogP contribution in [0.5, 0.6) is 0 Å². The van der Waals surface area contributed by atoms with Crippen LogP contribution in [0.4, 0.5) is 0 Å². The molecule has 3 heterocycles. The molecule has 0 bridgehead atoms. The molecule has 0 saturated carbocycles. The van der Waals surface area contributed by atoms with Gasteiger partial charge in [0.05, 0.1) is 5.92 Å². The quantitative estimate of drug-likeness (QED) is 0.749. The van der Waals surface area contributed by atoms with E-state index in [1.165, 1.54) is 0 Å². The highest BCUT2D eigenvalue weighted by Gasteiger charge is 2.32. The average molecular weight is 287 g/mol. The largest absolute Gasteiger partial charge is 0.350 e. The van der Waals surface area contributed by atoms with Crippen molar-refractivity contribution < 1.29 is 4.79 Å². The molecule has 3 atom stereocenters. The molecule has 0 aromatic heterocycles. The summed E-state index contributed by atoms with van der Waals surface area (Å²) < 4.78 is 0. The molecule has 21 heavy (non-hydrogen) atoms. The summed E-state index contributed by atoms with van der Waals surface area (Å²) in [5, 5.41) is 6.70. The lowest BCUT2D eigenvalue weighted by molar-refractivity contribution is -0.127. The van der Waals surface area contributed by atoms with E-state index in [0.29, 0.717) is 0 Å². The lowest BCUT2D eigenvalue weighted by atomic mass is 10.0. The van der Waals surface area contributed by atoms with Crippen molar-refractivity contribution in [2.45, 2.75) is 32.0 Å². The molecule has 6 heteroatoms. The zero-order chi connectivity index (χ0) is 14.7. The van der Waals surface area contributed by atoms with E-state index in [1.807, 2.05) is 18.0 Å². The van der Waals surface area contributed by atoms with Gasteiger partial charge in [-0.05, 0) is 32.0 Å². The first-order valence-electron chi connectivity index (χ1n) is 7.48. The number of amidine groups is 1. The standard InChI is InChI=1S/C15H21N5O/c1-2-4-13(21)20-8-3-5-11(9-20)19-15-12-6-7-16-14(12)17-10-18-15/h2,4,6-7,10-12,15,19H,3,5,8-9H2,1H3,(H,16,17,18)/b4-2-/t11-,12?,15?/m1/s1. The number of piperidine rings is 1. The minimum atomic E-state index is 0.00511. The third-order valence-electron chi connectivity index (χ3n) is 4.06. The van der Waals surface area contributed by atoms with Crippen molar-refractivity contribution in [1.29, 1.82) is 0 Å². The number of hydrogen-bond acceptors (Lipinski definition) is 5. The Hall–Kier alpha value is -1.95. The molecule has 3 aliphatic heterocycles. The van der Waals surface area contributed by atoms with Crippen molar-refractivity contribution in [3.8, 4) is 0 Å². The summed E-state index contributed by atoms with van der Waals surface area (Å²) in [5.41, 5.74) is 0. The summed E-state index contributed by atoms with van der Waals surface area (Å²) in [5.74, 6) is 1.22. The van der Waals surface area contributed by atoms with E-state index in [2.05, 4.69) is 26.7 Å². The minimum absolute atomic E-state index is 0.00511. The molecule has 2 N–H and O–H groups in total. The molecule has 1 amide bonds. The van der Waals surface area contributed by atoms with Crippen LogP contribution in [0.25, 0.3) is 0 Å². The minimum Gasteiger partial charge on any atom is -0.350 e. The number of hydrogen-bond donors (Lipinski definition) is 2. The van der Waals surface area contributed by atoms with Gasteiger partial charge in [0.25, 0.3) is 0 Å². The first-order chi connectivity index (χ1) is 10.3. The lowest BCUT2D eigenvalue weighted by Crippen LogP contribution is -2.53. The summed E-state index contributed by atoms with van der Waals surface area (Å²) >= 11 is 0. The molecule has 0 aromatic carbocycles. The van der Waals surface area contributed by atoms with Crippen LogP contribution in [0.3, 0.4) is 0 Å². The van der Waals surface area contributed by atoms with Crippen molar-refractivity contribution >= 4 is 18.1 Å². The molecule has 1 fully saturated rings. The van der Waals surface area contributed by atoms with Crippen molar-refractivity contribution in [2.24, 2.45) is 15.9 Å². The van der Waals surface area contributed by atoms with E-state index in [9.17, 15) is 4.79 Å². The molecule has 6 nitrogen and oxygen atoms in total. The Labute approximate surface area is 124 Å². The maximum Gasteiger partial charge on any atom is 0.246 e. The zero-order valence-corrected chi connectivity index (χ0v) is 12.2. The van der Waals surface area contributed by atoms with Gasteiger partial charge in [0.1, 0.15) is 18.3 Å². The molecule has 0 radical (unpaired) electrons. The van der Waals surface area contributed by atoms with Crippen LogP contribution in [0.2, 0.25) is 0 Å². The molecule has 0 aliphatic carbocycles. The Morgan fingerprint density at radius 1 is 1.57 bits per heavy atom. The number of aliphatic imine (C=N–C) groups is 2. The SMILES string of the molecule is C/C=C\C(=O)N1CCC[C@@H](NC2N=CN=C3NC=CC32)C1. The van der Waals surface area contributed by atoms with Gasteiger partial charge < -0.3 is 10.2 Å². The average Bonchev–Trinajstić information content (AvgIpc) is 2.97. The number of allylic oxidation sites excluding steroid dienone is 1. The van der Waals surface area contributed by atoms with Crippen LogP contribution in [-0.4, -0.2) is 48.3 Å². The molecule has 3 aliphatic rings. The number of carbonyl (C=O) groups excluding carboxylic acids is 1. The fourth-order valence-corrected chi connectivity index (χ4v) is 3.01. The number of likely N-dealkylation sites (tertiary alicyclic amines) is 1. The van der Waals surface area contributed by atoms with E-state index in [0.717, 1.165) is 31.8 Å². The monoisotopic (exact) mass is 287 g/mol. The fraction of sp³-hybridized carbons (Fsp3) is 0.533. The van der Waals surface area contributed by atoms with Gasteiger partial charge in [0.15, 0.2) is 0 Å². The van der Waals surface area contributed by atoms with E-state index in [4.69, 9.17) is 0 Å². The fourth-order valence-electron chi connectivity index (χ4n) is 3.01. The first-order valence-corrected chi connectivity index (χ1v) is 7.48. The van der Waals surface area contributed by atoms with E-state index >= 15 is 0 Å². The number of carbonyl (C=O) groups is 1. The van der Waals surface area contributed by atoms with Gasteiger partial charge >= 0.3 is 0 Å². The second-order valence-electron chi connectivity index (χ2n) is 5.54. The summed E-state index contributed by atoms with van der Waals surface area (Å²) in [4.78, 5) is 22.5. The molecular weight excluding hydrogens is 266 g/mol. The van der Waals surface area contributed by atoms with Crippen LogP contribution in [-0.2, 0) is 4.79 Å². The lowest BCUT2D eigenvalue weighted by Gasteiger charge is -2.35. The maximum atomic E-state index is 12.0. The van der Waals surface area contributed by atoms with Crippen molar-refractivity contribution in [1.82, 2.24) is 15.5 Å².